The highest BCUT2D eigenvalue weighted by molar-refractivity contribution is 7.13. The van der Waals surface area contributed by atoms with Crippen LogP contribution in [0.15, 0.2) is 5.38 Å². The zero-order chi connectivity index (χ0) is 15.7. The Morgan fingerprint density at radius 1 is 1.45 bits per heavy atom. The molecule has 0 spiro atoms. The van der Waals surface area contributed by atoms with Gasteiger partial charge in [-0.3, -0.25) is 4.79 Å². The van der Waals surface area contributed by atoms with Crippen molar-refractivity contribution in [1.29, 1.82) is 0 Å². The molecule has 0 aliphatic heterocycles. The number of hydrogen-bond acceptors (Lipinski definition) is 4. The van der Waals surface area contributed by atoms with Crippen molar-refractivity contribution in [1.82, 2.24) is 4.98 Å². The van der Waals surface area contributed by atoms with Crippen molar-refractivity contribution in [2.75, 3.05) is 11.4 Å². The van der Waals surface area contributed by atoms with Gasteiger partial charge in [0.2, 0.25) is 0 Å². The molecule has 0 bridgehead atoms. The first-order chi connectivity index (χ1) is 8.95. The number of aliphatic carboxylic acids is 1. The van der Waals surface area contributed by atoms with E-state index < -0.39 is 24.1 Å². The van der Waals surface area contributed by atoms with Crippen LogP contribution in [0.25, 0.3) is 0 Å². The lowest BCUT2D eigenvalue weighted by molar-refractivity contribution is -0.142. The Kier molecular flexibility index (Phi) is 4.68. The number of hydrogen-bond donors (Lipinski definition) is 1. The Morgan fingerprint density at radius 2 is 2.00 bits per heavy atom. The molecule has 0 aliphatic carbocycles. The van der Waals surface area contributed by atoms with E-state index >= 15 is 0 Å². The molecule has 0 radical (unpaired) electrons. The van der Waals surface area contributed by atoms with E-state index in [1.54, 1.807) is 13.8 Å². The van der Waals surface area contributed by atoms with Crippen LogP contribution in [0, 0.1) is 0 Å². The Labute approximate surface area is 119 Å². The third-order valence-corrected chi connectivity index (χ3v) is 3.76. The summed E-state index contributed by atoms with van der Waals surface area (Å²) in [5.74, 6) is -1.07. The van der Waals surface area contributed by atoms with Crippen molar-refractivity contribution in [2.24, 2.45) is 0 Å². The highest BCUT2D eigenvalue weighted by Gasteiger charge is 2.36. The summed E-state index contributed by atoms with van der Waals surface area (Å²) in [6, 6.07) is -0.386. The minimum atomic E-state index is -4.33. The number of anilines is 1. The third kappa shape index (κ3) is 3.84. The van der Waals surface area contributed by atoms with Crippen LogP contribution in [0.5, 0.6) is 0 Å². The minimum absolute atomic E-state index is 0.182. The topological polar surface area (TPSA) is 53.4 Å². The number of carbonyl (C=O) groups is 1. The van der Waals surface area contributed by atoms with Crippen molar-refractivity contribution in [3.05, 3.63) is 11.1 Å². The molecule has 0 amide bonds. The molecule has 1 heterocycles. The standard InChI is InChI=1S/C12H17F3N2O2S/c1-7(2)17(6-12(13,14)15)10-16-8(5-20-10)11(3,4)9(18)19/h5,7H,6H2,1-4H3,(H,18,19). The van der Waals surface area contributed by atoms with Gasteiger partial charge in [0.25, 0.3) is 0 Å². The fraction of sp³-hybridized carbons (Fsp3) is 0.667. The van der Waals surface area contributed by atoms with E-state index in [-0.39, 0.29) is 16.9 Å². The van der Waals surface area contributed by atoms with E-state index in [9.17, 15) is 18.0 Å². The van der Waals surface area contributed by atoms with Crippen molar-refractivity contribution in [3.63, 3.8) is 0 Å². The average molecular weight is 310 g/mol. The fourth-order valence-corrected chi connectivity index (χ4v) is 2.58. The second-order valence-corrected chi connectivity index (χ2v) is 6.12. The van der Waals surface area contributed by atoms with E-state index in [2.05, 4.69) is 4.98 Å². The van der Waals surface area contributed by atoms with Gasteiger partial charge in [-0.15, -0.1) is 11.3 Å². The maximum Gasteiger partial charge on any atom is 0.406 e. The van der Waals surface area contributed by atoms with Crippen LogP contribution in [-0.2, 0) is 10.2 Å². The van der Waals surface area contributed by atoms with Gasteiger partial charge >= 0.3 is 12.1 Å². The molecule has 0 saturated carbocycles. The molecule has 1 rings (SSSR count). The van der Waals surface area contributed by atoms with Gasteiger partial charge in [-0.1, -0.05) is 0 Å². The quantitative estimate of drug-likeness (QED) is 0.907. The van der Waals surface area contributed by atoms with Crippen molar-refractivity contribution < 1.29 is 23.1 Å². The Bertz CT molecular complexity index is 483. The molecular formula is C12H17F3N2O2S. The van der Waals surface area contributed by atoms with Gasteiger partial charge in [0.05, 0.1) is 5.69 Å². The van der Waals surface area contributed by atoms with E-state index in [0.29, 0.717) is 0 Å². The number of halogens is 3. The Morgan fingerprint density at radius 3 is 2.40 bits per heavy atom. The van der Waals surface area contributed by atoms with E-state index in [0.717, 1.165) is 16.2 Å². The maximum absolute atomic E-state index is 12.6. The number of thiazole rings is 1. The van der Waals surface area contributed by atoms with Crippen LogP contribution in [0.4, 0.5) is 18.3 Å². The SMILES string of the molecule is CC(C)N(CC(F)(F)F)c1nc(C(C)(C)C(=O)O)cs1. The highest BCUT2D eigenvalue weighted by atomic mass is 32.1. The first kappa shape index (κ1) is 16.7. The number of nitrogens with zero attached hydrogens (tertiary/aromatic N) is 2. The second-order valence-electron chi connectivity index (χ2n) is 5.28. The summed E-state index contributed by atoms with van der Waals surface area (Å²) in [6.45, 7) is 5.10. The fourth-order valence-electron chi connectivity index (χ4n) is 1.46. The molecule has 0 unspecified atom stereocenters. The molecular weight excluding hydrogens is 293 g/mol. The van der Waals surface area contributed by atoms with Gasteiger partial charge in [-0.05, 0) is 27.7 Å². The summed E-state index contributed by atoms with van der Waals surface area (Å²) in [6.07, 6.45) is -4.33. The average Bonchev–Trinajstić information content (AvgIpc) is 2.73. The van der Waals surface area contributed by atoms with Crippen LogP contribution in [0.2, 0.25) is 0 Å². The summed E-state index contributed by atoms with van der Waals surface area (Å²) in [7, 11) is 0. The Hall–Kier alpha value is -1.31. The first-order valence-corrected chi connectivity index (χ1v) is 6.86. The number of aromatic nitrogens is 1. The van der Waals surface area contributed by atoms with Crippen LogP contribution < -0.4 is 4.90 Å². The lowest BCUT2D eigenvalue weighted by Crippen LogP contribution is -2.39. The van der Waals surface area contributed by atoms with Gasteiger partial charge in [-0.25, -0.2) is 4.98 Å². The van der Waals surface area contributed by atoms with E-state index in [1.807, 2.05) is 0 Å². The van der Waals surface area contributed by atoms with E-state index in [4.69, 9.17) is 5.11 Å². The summed E-state index contributed by atoms with van der Waals surface area (Å²) in [5, 5.41) is 10.8. The Balaban J connectivity index is 3.07. The molecule has 0 saturated heterocycles. The number of carboxylic acids is 1. The molecule has 8 heteroatoms. The summed E-state index contributed by atoms with van der Waals surface area (Å²) in [4.78, 5) is 16.3. The first-order valence-electron chi connectivity index (χ1n) is 5.98. The third-order valence-electron chi connectivity index (χ3n) is 2.89. The minimum Gasteiger partial charge on any atom is -0.481 e. The van der Waals surface area contributed by atoms with Crippen LogP contribution >= 0.6 is 11.3 Å². The van der Waals surface area contributed by atoms with Crippen LogP contribution in [0.1, 0.15) is 33.4 Å². The van der Waals surface area contributed by atoms with Crippen molar-refractivity contribution in [2.45, 2.75) is 45.3 Å². The molecule has 0 aromatic carbocycles. The molecule has 1 aromatic heterocycles. The van der Waals surface area contributed by atoms with Crippen LogP contribution in [0.3, 0.4) is 0 Å². The highest BCUT2D eigenvalue weighted by Crippen LogP contribution is 2.31. The van der Waals surface area contributed by atoms with Gasteiger partial charge < -0.3 is 10.0 Å². The molecule has 20 heavy (non-hydrogen) atoms. The number of rotatable bonds is 5. The smallest absolute Gasteiger partial charge is 0.406 e. The normalized spacial score (nSPS) is 12.8. The van der Waals surface area contributed by atoms with Gasteiger partial charge in [0.1, 0.15) is 12.0 Å². The van der Waals surface area contributed by atoms with Gasteiger partial charge in [-0.2, -0.15) is 13.2 Å². The zero-order valence-corrected chi connectivity index (χ0v) is 12.5. The molecule has 0 atom stereocenters. The molecule has 1 N–H and O–H groups in total. The molecule has 0 fully saturated rings. The van der Waals surface area contributed by atoms with Gasteiger partial charge in [0, 0.05) is 11.4 Å². The van der Waals surface area contributed by atoms with Gasteiger partial charge in [0.15, 0.2) is 5.13 Å². The molecule has 1 aromatic rings. The van der Waals surface area contributed by atoms with Crippen molar-refractivity contribution >= 4 is 22.4 Å². The number of alkyl halides is 3. The zero-order valence-electron chi connectivity index (χ0n) is 11.7. The summed E-state index contributed by atoms with van der Waals surface area (Å²) >= 11 is 1.02. The number of carboxylic acid groups (broad SMARTS) is 1. The predicted molar refractivity (Wildman–Crippen MR) is 71.3 cm³/mol. The second kappa shape index (κ2) is 5.59. The molecule has 0 aliphatic rings. The van der Waals surface area contributed by atoms with Crippen molar-refractivity contribution in [3.8, 4) is 0 Å². The lowest BCUT2D eigenvalue weighted by atomic mass is 9.90. The summed E-state index contributed by atoms with van der Waals surface area (Å²) in [5.41, 5.74) is -0.965. The maximum atomic E-state index is 12.6. The molecule has 4 nitrogen and oxygen atoms in total. The molecule has 114 valence electrons. The largest absolute Gasteiger partial charge is 0.481 e. The van der Waals surface area contributed by atoms with E-state index in [1.165, 1.54) is 19.2 Å². The summed E-state index contributed by atoms with van der Waals surface area (Å²) < 4.78 is 37.7. The monoisotopic (exact) mass is 310 g/mol. The van der Waals surface area contributed by atoms with Crippen LogP contribution in [-0.4, -0.2) is 34.8 Å². The predicted octanol–water partition coefficient (Wildman–Crippen LogP) is 3.28. The lowest BCUT2D eigenvalue weighted by Gasteiger charge is -2.27.